The summed E-state index contributed by atoms with van der Waals surface area (Å²) in [5.41, 5.74) is 0.0104. The monoisotopic (exact) mass is 362 g/mol. The van der Waals surface area contributed by atoms with Crippen LogP contribution in [0.25, 0.3) is 0 Å². The first-order chi connectivity index (χ1) is 11.1. The van der Waals surface area contributed by atoms with Gasteiger partial charge in [-0.25, -0.2) is 4.79 Å². The standard InChI is InChI=1S/C16H21ClF2N2O3/c1-16(2,3)24-15(22)21-8-12(9-21)20-7-10-6-11(17)4-5-13(10)23-14(18)19/h4-6,12,14,20H,7-9H2,1-3H3. The van der Waals surface area contributed by atoms with Gasteiger partial charge in [0.25, 0.3) is 0 Å². The van der Waals surface area contributed by atoms with Gasteiger partial charge in [-0.3, -0.25) is 0 Å². The number of nitrogens with zero attached hydrogens (tertiary/aromatic N) is 1. The predicted molar refractivity (Wildman–Crippen MR) is 86.5 cm³/mol. The van der Waals surface area contributed by atoms with Crippen molar-refractivity contribution in [2.75, 3.05) is 13.1 Å². The molecule has 1 aliphatic heterocycles. The Morgan fingerprint density at radius 2 is 2.08 bits per heavy atom. The molecule has 1 saturated heterocycles. The molecular formula is C16H21ClF2N2O3. The first-order valence-corrected chi connectivity index (χ1v) is 7.96. The minimum Gasteiger partial charge on any atom is -0.444 e. The lowest BCUT2D eigenvalue weighted by atomic mass is 10.1. The summed E-state index contributed by atoms with van der Waals surface area (Å²) in [7, 11) is 0. The molecule has 0 aromatic heterocycles. The maximum absolute atomic E-state index is 12.4. The number of halogens is 3. The number of likely N-dealkylation sites (tertiary alicyclic amines) is 1. The van der Waals surface area contributed by atoms with Gasteiger partial charge in [-0.05, 0) is 39.0 Å². The van der Waals surface area contributed by atoms with Crippen LogP contribution in [-0.4, -0.2) is 42.3 Å². The van der Waals surface area contributed by atoms with Crippen molar-refractivity contribution in [1.82, 2.24) is 10.2 Å². The average Bonchev–Trinajstić information content (AvgIpc) is 2.37. The zero-order valence-corrected chi connectivity index (χ0v) is 14.6. The van der Waals surface area contributed by atoms with E-state index in [0.29, 0.717) is 30.2 Å². The summed E-state index contributed by atoms with van der Waals surface area (Å²) in [6, 6.07) is 4.56. The van der Waals surface area contributed by atoms with Crippen molar-refractivity contribution >= 4 is 17.7 Å². The van der Waals surface area contributed by atoms with Crippen LogP contribution in [0.2, 0.25) is 5.02 Å². The molecular weight excluding hydrogens is 342 g/mol. The molecule has 1 heterocycles. The third-order valence-corrected chi connectivity index (χ3v) is 3.59. The van der Waals surface area contributed by atoms with Gasteiger partial charge >= 0.3 is 12.7 Å². The van der Waals surface area contributed by atoms with Crippen LogP contribution in [-0.2, 0) is 11.3 Å². The molecule has 134 valence electrons. The minimum atomic E-state index is -2.89. The van der Waals surface area contributed by atoms with Crippen molar-refractivity contribution in [3.8, 4) is 5.75 Å². The van der Waals surface area contributed by atoms with Crippen LogP contribution in [0.3, 0.4) is 0 Å². The topological polar surface area (TPSA) is 50.8 Å². The van der Waals surface area contributed by atoms with Crippen LogP contribution in [0.4, 0.5) is 13.6 Å². The Morgan fingerprint density at radius 1 is 1.42 bits per heavy atom. The minimum absolute atomic E-state index is 0.0656. The highest BCUT2D eigenvalue weighted by atomic mass is 35.5. The molecule has 0 atom stereocenters. The number of nitrogens with one attached hydrogen (secondary N) is 1. The molecule has 1 fully saturated rings. The molecule has 1 aliphatic rings. The summed E-state index contributed by atoms with van der Waals surface area (Å²) in [4.78, 5) is 13.4. The summed E-state index contributed by atoms with van der Waals surface area (Å²) in [5.74, 6) is 0.0882. The Bertz CT molecular complexity index is 587. The van der Waals surface area contributed by atoms with Crippen LogP contribution in [0, 0.1) is 0 Å². The van der Waals surface area contributed by atoms with E-state index in [4.69, 9.17) is 16.3 Å². The van der Waals surface area contributed by atoms with Crippen LogP contribution >= 0.6 is 11.6 Å². The molecule has 5 nitrogen and oxygen atoms in total. The lowest BCUT2D eigenvalue weighted by Gasteiger charge is -2.40. The van der Waals surface area contributed by atoms with E-state index in [0.717, 1.165) is 0 Å². The molecule has 0 aliphatic carbocycles. The van der Waals surface area contributed by atoms with Gasteiger partial charge in [-0.2, -0.15) is 8.78 Å². The van der Waals surface area contributed by atoms with Gasteiger partial charge in [-0.15, -0.1) is 0 Å². The van der Waals surface area contributed by atoms with Gasteiger partial charge in [0, 0.05) is 36.3 Å². The van der Waals surface area contributed by atoms with E-state index in [1.807, 2.05) is 20.8 Å². The number of carbonyl (C=O) groups excluding carboxylic acids is 1. The lowest BCUT2D eigenvalue weighted by Crippen LogP contribution is -2.60. The van der Waals surface area contributed by atoms with E-state index >= 15 is 0 Å². The van der Waals surface area contributed by atoms with Crippen LogP contribution < -0.4 is 10.1 Å². The summed E-state index contributed by atoms with van der Waals surface area (Å²) in [5, 5.41) is 3.63. The average molecular weight is 363 g/mol. The summed E-state index contributed by atoms with van der Waals surface area (Å²) in [6.45, 7) is 3.85. The second kappa shape index (κ2) is 7.53. The maximum atomic E-state index is 12.4. The maximum Gasteiger partial charge on any atom is 0.410 e. The van der Waals surface area contributed by atoms with Crippen molar-refractivity contribution in [2.45, 2.75) is 45.6 Å². The predicted octanol–water partition coefficient (Wildman–Crippen LogP) is 3.65. The van der Waals surface area contributed by atoms with Gasteiger partial charge < -0.3 is 19.7 Å². The summed E-state index contributed by atoms with van der Waals surface area (Å²) in [6.07, 6.45) is -0.356. The number of hydrogen-bond acceptors (Lipinski definition) is 4. The molecule has 0 radical (unpaired) electrons. The number of carbonyl (C=O) groups is 1. The van der Waals surface area contributed by atoms with E-state index in [2.05, 4.69) is 10.1 Å². The normalized spacial score (nSPS) is 15.4. The lowest BCUT2D eigenvalue weighted by molar-refractivity contribution is -0.0506. The van der Waals surface area contributed by atoms with E-state index in [1.165, 1.54) is 12.1 Å². The first-order valence-electron chi connectivity index (χ1n) is 7.58. The second-order valence-corrected chi connectivity index (χ2v) is 7.03. The Labute approximate surface area is 144 Å². The number of alkyl halides is 2. The van der Waals surface area contributed by atoms with Crippen LogP contribution in [0.1, 0.15) is 26.3 Å². The Hall–Kier alpha value is -1.60. The molecule has 1 aromatic carbocycles. The number of ether oxygens (including phenoxy) is 2. The van der Waals surface area contributed by atoms with Gasteiger partial charge in [0.15, 0.2) is 0 Å². The van der Waals surface area contributed by atoms with E-state index in [9.17, 15) is 13.6 Å². The smallest absolute Gasteiger partial charge is 0.410 e. The molecule has 1 N–H and O–H groups in total. The molecule has 1 aromatic rings. The zero-order valence-electron chi connectivity index (χ0n) is 13.8. The number of rotatable bonds is 5. The molecule has 0 spiro atoms. The van der Waals surface area contributed by atoms with Crippen molar-refractivity contribution in [1.29, 1.82) is 0 Å². The molecule has 0 unspecified atom stereocenters. The van der Waals surface area contributed by atoms with Crippen molar-refractivity contribution in [2.24, 2.45) is 0 Å². The first kappa shape index (κ1) is 18.7. The molecule has 2 rings (SSSR count). The number of hydrogen-bond donors (Lipinski definition) is 1. The fourth-order valence-electron chi connectivity index (χ4n) is 2.23. The Kier molecular flexibility index (Phi) is 5.87. The Balaban J connectivity index is 1.83. The molecule has 0 bridgehead atoms. The molecule has 0 saturated carbocycles. The Morgan fingerprint density at radius 3 is 2.67 bits per heavy atom. The zero-order chi connectivity index (χ0) is 17.9. The van der Waals surface area contributed by atoms with E-state index < -0.39 is 12.2 Å². The largest absolute Gasteiger partial charge is 0.444 e. The van der Waals surface area contributed by atoms with Crippen LogP contribution in [0.5, 0.6) is 5.75 Å². The molecule has 1 amide bonds. The van der Waals surface area contributed by atoms with E-state index in [1.54, 1.807) is 11.0 Å². The SMILES string of the molecule is CC(C)(C)OC(=O)N1CC(NCc2cc(Cl)ccc2OC(F)F)C1. The fraction of sp³-hybridized carbons (Fsp3) is 0.562. The number of amides is 1. The van der Waals surface area contributed by atoms with Crippen LogP contribution in [0.15, 0.2) is 18.2 Å². The van der Waals surface area contributed by atoms with Crippen molar-refractivity contribution in [3.63, 3.8) is 0 Å². The summed E-state index contributed by atoms with van der Waals surface area (Å²) >= 11 is 5.90. The highest BCUT2D eigenvalue weighted by Crippen LogP contribution is 2.25. The quantitative estimate of drug-likeness (QED) is 0.868. The third-order valence-electron chi connectivity index (χ3n) is 3.35. The third kappa shape index (κ3) is 5.49. The molecule has 24 heavy (non-hydrogen) atoms. The highest BCUT2D eigenvalue weighted by Gasteiger charge is 2.33. The summed E-state index contributed by atoms with van der Waals surface area (Å²) < 4.78 is 34.6. The highest BCUT2D eigenvalue weighted by molar-refractivity contribution is 6.30. The van der Waals surface area contributed by atoms with Gasteiger partial charge in [0.2, 0.25) is 0 Å². The fourth-order valence-corrected chi connectivity index (χ4v) is 2.43. The number of benzene rings is 1. The van der Waals surface area contributed by atoms with Crippen molar-refractivity contribution < 1.29 is 23.0 Å². The van der Waals surface area contributed by atoms with E-state index in [-0.39, 0.29) is 17.9 Å². The van der Waals surface area contributed by atoms with Crippen molar-refractivity contribution in [3.05, 3.63) is 28.8 Å². The molecule has 8 heteroatoms. The van der Waals surface area contributed by atoms with Gasteiger partial charge in [0.05, 0.1) is 0 Å². The van der Waals surface area contributed by atoms with Gasteiger partial charge in [-0.1, -0.05) is 11.6 Å². The van der Waals surface area contributed by atoms with Gasteiger partial charge in [0.1, 0.15) is 11.4 Å². The second-order valence-electron chi connectivity index (χ2n) is 6.59.